The van der Waals surface area contributed by atoms with Crippen molar-refractivity contribution in [2.24, 2.45) is 0 Å². The summed E-state index contributed by atoms with van der Waals surface area (Å²) in [4.78, 5) is 9.33. The number of aliphatic hydroxyl groups excluding tert-OH is 1. The second-order valence-electron chi connectivity index (χ2n) is 1.80. The van der Waals surface area contributed by atoms with Crippen molar-refractivity contribution in [1.82, 2.24) is 0 Å². The Morgan fingerprint density at radius 3 is 2.55 bits per heavy atom. The van der Waals surface area contributed by atoms with Crippen molar-refractivity contribution in [2.45, 2.75) is 6.92 Å². The Bertz CT molecular complexity index is 228. The Hall–Kier alpha value is -1.58. The Kier molecular flexibility index (Phi) is 3.66. The van der Waals surface area contributed by atoms with Gasteiger partial charge in [-0.05, 0) is 25.7 Å². The third-order valence-electron chi connectivity index (χ3n) is 0.977. The molecule has 0 aromatic carbocycles. The lowest BCUT2D eigenvalue weighted by Crippen LogP contribution is -1.92. The van der Waals surface area contributed by atoms with E-state index in [-0.39, 0.29) is 11.5 Å². The standard InChI is InChI=1S/C7H9NO3/c1-3-7(9)5-4-6(2)8(10)11/h3-5,9H,2H2,1H3/b5-4-,7-3+. The van der Waals surface area contributed by atoms with E-state index in [0.717, 1.165) is 6.08 Å². The van der Waals surface area contributed by atoms with Gasteiger partial charge < -0.3 is 5.11 Å². The maximum absolute atomic E-state index is 9.95. The molecule has 1 N–H and O–H groups in total. The lowest BCUT2D eigenvalue weighted by atomic mass is 10.3. The minimum Gasteiger partial charge on any atom is -0.508 e. The molecule has 0 aromatic rings. The fourth-order valence-corrected chi connectivity index (χ4v) is 0.339. The van der Waals surface area contributed by atoms with Crippen LogP contribution in [0.4, 0.5) is 0 Å². The second kappa shape index (κ2) is 4.27. The van der Waals surface area contributed by atoms with Crippen LogP contribution >= 0.6 is 0 Å². The molecule has 0 atom stereocenters. The Morgan fingerprint density at radius 2 is 2.18 bits per heavy atom. The molecule has 0 aliphatic heterocycles. The molecule has 4 nitrogen and oxygen atoms in total. The van der Waals surface area contributed by atoms with E-state index >= 15 is 0 Å². The highest BCUT2D eigenvalue weighted by Crippen LogP contribution is 1.97. The van der Waals surface area contributed by atoms with E-state index in [2.05, 4.69) is 6.58 Å². The van der Waals surface area contributed by atoms with Crippen LogP contribution in [0.25, 0.3) is 0 Å². The number of rotatable bonds is 3. The van der Waals surface area contributed by atoms with Gasteiger partial charge in [0.1, 0.15) is 5.76 Å². The predicted molar refractivity (Wildman–Crippen MR) is 41.7 cm³/mol. The first kappa shape index (κ1) is 9.42. The summed E-state index contributed by atoms with van der Waals surface area (Å²) in [6, 6.07) is 0. The van der Waals surface area contributed by atoms with Gasteiger partial charge in [-0.1, -0.05) is 0 Å². The molecule has 60 valence electrons. The van der Waals surface area contributed by atoms with Crippen LogP contribution in [0.5, 0.6) is 0 Å². The lowest BCUT2D eigenvalue weighted by molar-refractivity contribution is -0.418. The highest BCUT2D eigenvalue weighted by atomic mass is 16.6. The highest BCUT2D eigenvalue weighted by Gasteiger charge is 1.98. The SMILES string of the molecule is C=C(/C=C\C(O)=C/C)[N+](=O)[O-]. The molecule has 0 spiro atoms. The fraction of sp³-hybridized carbons (Fsp3) is 0.143. The van der Waals surface area contributed by atoms with Crippen LogP contribution in [0.3, 0.4) is 0 Å². The molecule has 0 rings (SSSR count). The average molecular weight is 155 g/mol. The fourth-order valence-electron chi connectivity index (χ4n) is 0.339. The van der Waals surface area contributed by atoms with Gasteiger partial charge in [-0.25, -0.2) is 0 Å². The summed E-state index contributed by atoms with van der Waals surface area (Å²) in [5.41, 5.74) is -0.251. The first-order valence-electron chi connectivity index (χ1n) is 2.94. The largest absolute Gasteiger partial charge is 0.508 e. The average Bonchev–Trinajstić information content (AvgIpc) is 1.99. The molecule has 0 amide bonds. The van der Waals surface area contributed by atoms with Crippen molar-refractivity contribution in [3.8, 4) is 0 Å². The van der Waals surface area contributed by atoms with E-state index in [4.69, 9.17) is 5.11 Å². The zero-order valence-electron chi connectivity index (χ0n) is 6.15. The van der Waals surface area contributed by atoms with Crippen molar-refractivity contribution in [1.29, 1.82) is 0 Å². The third-order valence-corrected chi connectivity index (χ3v) is 0.977. The van der Waals surface area contributed by atoms with Gasteiger partial charge in [-0.3, -0.25) is 10.1 Å². The van der Waals surface area contributed by atoms with Crippen LogP contribution in [0.1, 0.15) is 6.92 Å². The van der Waals surface area contributed by atoms with Gasteiger partial charge in [0.25, 0.3) is 5.70 Å². The van der Waals surface area contributed by atoms with Gasteiger partial charge in [0.05, 0.1) is 4.92 Å². The van der Waals surface area contributed by atoms with Crippen LogP contribution in [0.2, 0.25) is 0 Å². The molecule has 0 saturated carbocycles. The minimum atomic E-state index is -0.626. The minimum absolute atomic E-state index is 0.0204. The van der Waals surface area contributed by atoms with E-state index in [9.17, 15) is 10.1 Å². The van der Waals surface area contributed by atoms with Crippen LogP contribution < -0.4 is 0 Å². The van der Waals surface area contributed by atoms with Gasteiger partial charge in [0, 0.05) is 6.08 Å². The zero-order chi connectivity index (χ0) is 8.85. The molecule has 0 unspecified atom stereocenters. The molecule has 0 aliphatic carbocycles. The number of allylic oxidation sites excluding steroid dienone is 3. The molecular formula is C7H9NO3. The van der Waals surface area contributed by atoms with Crippen LogP contribution in [0.15, 0.2) is 36.3 Å². The highest BCUT2D eigenvalue weighted by molar-refractivity contribution is 5.17. The van der Waals surface area contributed by atoms with Gasteiger partial charge in [-0.2, -0.15) is 0 Å². The summed E-state index contributed by atoms with van der Waals surface area (Å²) in [6.45, 7) is 4.76. The normalized spacial score (nSPS) is 11.9. The van der Waals surface area contributed by atoms with E-state index in [1.54, 1.807) is 6.92 Å². The topological polar surface area (TPSA) is 63.4 Å². The molecule has 0 heterocycles. The van der Waals surface area contributed by atoms with Gasteiger partial charge in [0.2, 0.25) is 0 Å². The van der Waals surface area contributed by atoms with Gasteiger partial charge in [0.15, 0.2) is 0 Å². The summed E-state index contributed by atoms with van der Waals surface area (Å²) in [6.07, 6.45) is 3.77. The number of nitro groups is 1. The van der Waals surface area contributed by atoms with Gasteiger partial charge in [-0.15, -0.1) is 0 Å². The van der Waals surface area contributed by atoms with E-state index < -0.39 is 4.92 Å². The molecule has 0 radical (unpaired) electrons. The number of aliphatic hydroxyl groups is 1. The number of hydrogen-bond acceptors (Lipinski definition) is 3. The predicted octanol–water partition coefficient (Wildman–Crippen LogP) is 1.79. The van der Waals surface area contributed by atoms with Crippen molar-refractivity contribution in [3.05, 3.63) is 46.4 Å². The quantitative estimate of drug-likeness (QED) is 0.292. The van der Waals surface area contributed by atoms with Crippen molar-refractivity contribution < 1.29 is 10.0 Å². The van der Waals surface area contributed by atoms with Crippen molar-refractivity contribution in [2.75, 3.05) is 0 Å². The van der Waals surface area contributed by atoms with E-state index in [1.807, 2.05) is 0 Å². The maximum Gasteiger partial charge on any atom is 0.262 e. The monoisotopic (exact) mass is 155 g/mol. The van der Waals surface area contributed by atoms with Crippen molar-refractivity contribution in [3.63, 3.8) is 0 Å². The molecule has 0 fully saturated rings. The Morgan fingerprint density at radius 1 is 1.64 bits per heavy atom. The summed E-state index contributed by atoms with van der Waals surface area (Å²) >= 11 is 0. The molecule has 0 aromatic heterocycles. The summed E-state index contributed by atoms with van der Waals surface area (Å²) in [5, 5.41) is 18.8. The summed E-state index contributed by atoms with van der Waals surface area (Å²) in [5.74, 6) is -0.0204. The molecule has 0 saturated heterocycles. The summed E-state index contributed by atoms with van der Waals surface area (Å²) in [7, 11) is 0. The Balaban J connectivity index is 4.15. The molecule has 0 aliphatic rings. The van der Waals surface area contributed by atoms with Crippen molar-refractivity contribution >= 4 is 0 Å². The molecule has 4 heteroatoms. The van der Waals surface area contributed by atoms with Gasteiger partial charge >= 0.3 is 0 Å². The smallest absolute Gasteiger partial charge is 0.262 e. The maximum atomic E-state index is 9.95. The first-order chi connectivity index (χ1) is 5.07. The van der Waals surface area contributed by atoms with E-state index in [0.29, 0.717) is 0 Å². The zero-order valence-corrected chi connectivity index (χ0v) is 6.15. The number of hydrogen-bond donors (Lipinski definition) is 1. The lowest BCUT2D eigenvalue weighted by Gasteiger charge is -1.87. The van der Waals surface area contributed by atoms with Crippen LogP contribution in [0, 0.1) is 10.1 Å². The third kappa shape index (κ3) is 3.91. The number of nitrogens with zero attached hydrogens (tertiary/aromatic N) is 1. The Labute approximate surface area is 64.3 Å². The molecular weight excluding hydrogens is 146 g/mol. The first-order valence-corrected chi connectivity index (χ1v) is 2.94. The molecule has 0 bridgehead atoms. The summed E-state index contributed by atoms with van der Waals surface area (Å²) < 4.78 is 0. The van der Waals surface area contributed by atoms with Crippen LogP contribution in [-0.4, -0.2) is 10.0 Å². The molecule has 11 heavy (non-hydrogen) atoms. The van der Waals surface area contributed by atoms with Crippen LogP contribution in [-0.2, 0) is 0 Å². The van der Waals surface area contributed by atoms with E-state index in [1.165, 1.54) is 12.2 Å². The second-order valence-corrected chi connectivity index (χ2v) is 1.80.